The second kappa shape index (κ2) is 7.61. The number of rotatable bonds is 5. The second-order valence-electron chi connectivity index (χ2n) is 8.11. The molecule has 1 heterocycles. The molecule has 1 spiro atoms. The molecule has 1 fully saturated rings. The van der Waals surface area contributed by atoms with E-state index in [1.807, 2.05) is 31.3 Å². The van der Waals surface area contributed by atoms with Crippen LogP contribution in [0.2, 0.25) is 0 Å². The Morgan fingerprint density at radius 2 is 1.85 bits per heavy atom. The molecular formula is C23H29FN2O. The molecule has 27 heavy (non-hydrogen) atoms. The van der Waals surface area contributed by atoms with E-state index in [1.165, 1.54) is 24.8 Å². The first-order chi connectivity index (χ1) is 13.1. The summed E-state index contributed by atoms with van der Waals surface area (Å²) >= 11 is 0. The Morgan fingerprint density at radius 3 is 2.56 bits per heavy atom. The van der Waals surface area contributed by atoms with Gasteiger partial charge in [0.25, 0.3) is 0 Å². The lowest BCUT2D eigenvalue weighted by Gasteiger charge is -2.38. The van der Waals surface area contributed by atoms with Gasteiger partial charge < -0.3 is 15.3 Å². The minimum atomic E-state index is -0.577. The van der Waals surface area contributed by atoms with Gasteiger partial charge in [-0.3, -0.25) is 0 Å². The maximum absolute atomic E-state index is 14.2. The molecule has 144 valence electrons. The number of aliphatic hydroxyl groups is 1. The molecule has 1 aliphatic heterocycles. The topological polar surface area (TPSA) is 35.5 Å². The Labute approximate surface area is 161 Å². The van der Waals surface area contributed by atoms with Crippen LogP contribution in [0.25, 0.3) is 0 Å². The van der Waals surface area contributed by atoms with E-state index >= 15 is 0 Å². The van der Waals surface area contributed by atoms with Gasteiger partial charge in [-0.1, -0.05) is 55.7 Å². The molecule has 1 saturated carbocycles. The molecule has 2 aromatic rings. The van der Waals surface area contributed by atoms with E-state index < -0.39 is 6.10 Å². The standard InChI is InChI=1S/C23H29FN2O/c1-25-15-21(27)22(17-8-4-2-5-9-17)26-16-23(12-6-3-7-13-23)19-11-10-18(24)14-20(19)26/h2,4-5,8-11,14,21-22,25,27H,3,6-7,12-13,15-16H2,1H3. The lowest BCUT2D eigenvalue weighted by atomic mass is 9.71. The zero-order valence-electron chi connectivity index (χ0n) is 16.0. The van der Waals surface area contributed by atoms with Crippen LogP contribution in [0.1, 0.15) is 49.3 Å². The van der Waals surface area contributed by atoms with Crippen molar-refractivity contribution in [2.24, 2.45) is 0 Å². The van der Waals surface area contributed by atoms with Crippen molar-refractivity contribution in [2.45, 2.75) is 49.7 Å². The molecule has 3 nitrogen and oxygen atoms in total. The summed E-state index contributed by atoms with van der Waals surface area (Å²) in [6.45, 7) is 1.35. The SMILES string of the molecule is CNCC(O)C(c1ccccc1)N1CC2(CCCCC2)c2ccc(F)cc21. The lowest BCUT2D eigenvalue weighted by molar-refractivity contribution is 0.138. The number of benzene rings is 2. The van der Waals surface area contributed by atoms with Crippen LogP contribution in [0.3, 0.4) is 0 Å². The number of hydrogen-bond acceptors (Lipinski definition) is 3. The summed E-state index contributed by atoms with van der Waals surface area (Å²) in [5, 5.41) is 14.1. The Bertz CT molecular complexity index is 773. The number of likely N-dealkylation sites (N-methyl/N-ethyl adjacent to an activating group) is 1. The Morgan fingerprint density at radius 1 is 1.11 bits per heavy atom. The van der Waals surface area contributed by atoms with Gasteiger partial charge in [0.05, 0.1) is 12.1 Å². The quantitative estimate of drug-likeness (QED) is 0.831. The smallest absolute Gasteiger partial charge is 0.125 e. The fraction of sp³-hybridized carbons (Fsp3) is 0.478. The van der Waals surface area contributed by atoms with Gasteiger partial charge in [-0.05, 0) is 43.1 Å². The molecule has 0 amide bonds. The van der Waals surface area contributed by atoms with Crippen LogP contribution < -0.4 is 10.2 Å². The lowest BCUT2D eigenvalue weighted by Crippen LogP contribution is -2.43. The van der Waals surface area contributed by atoms with Crippen LogP contribution in [0, 0.1) is 5.82 Å². The molecule has 4 rings (SSSR count). The van der Waals surface area contributed by atoms with Crippen molar-refractivity contribution in [1.82, 2.24) is 5.32 Å². The average Bonchev–Trinajstić information content (AvgIpc) is 2.96. The number of nitrogens with zero attached hydrogens (tertiary/aromatic N) is 1. The minimum Gasteiger partial charge on any atom is -0.389 e. The fourth-order valence-electron chi connectivity index (χ4n) is 5.17. The van der Waals surface area contributed by atoms with E-state index in [1.54, 1.807) is 12.1 Å². The van der Waals surface area contributed by atoms with Crippen LogP contribution in [-0.2, 0) is 5.41 Å². The number of hydrogen-bond donors (Lipinski definition) is 2. The maximum Gasteiger partial charge on any atom is 0.125 e. The molecule has 0 radical (unpaired) electrons. The van der Waals surface area contributed by atoms with Crippen LogP contribution in [0.5, 0.6) is 0 Å². The van der Waals surface area contributed by atoms with Gasteiger partial charge in [0.2, 0.25) is 0 Å². The molecule has 2 N–H and O–H groups in total. The molecule has 0 bridgehead atoms. The van der Waals surface area contributed by atoms with Crippen LogP contribution in [0.15, 0.2) is 48.5 Å². The third-order valence-corrected chi connectivity index (χ3v) is 6.38. The molecule has 0 saturated heterocycles. The highest BCUT2D eigenvalue weighted by Gasteiger charge is 2.46. The number of halogens is 1. The first kappa shape index (κ1) is 18.5. The fourth-order valence-corrected chi connectivity index (χ4v) is 5.17. The summed E-state index contributed by atoms with van der Waals surface area (Å²) in [5.74, 6) is -0.207. The third kappa shape index (κ3) is 3.37. The zero-order chi connectivity index (χ0) is 18.9. The van der Waals surface area contributed by atoms with E-state index in [2.05, 4.69) is 22.3 Å². The van der Waals surface area contributed by atoms with Gasteiger partial charge in [-0.15, -0.1) is 0 Å². The van der Waals surface area contributed by atoms with Crippen molar-refractivity contribution >= 4 is 5.69 Å². The second-order valence-corrected chi connectivity index (χ2v) is 8.11. The van der Waals surface area contributed by atoms with E-state index in [4.69, 9.17) is 0 Å². The predicted molar refractivity (Wildman–Crippen MR) is 108 cm³/mol. The highest BCUT2D eigenvalue weighted by molar-refractivity contribution is 5.64. The van der Waals surface area contributed by atoms with E-state index in [0.29, 0.717) is 6.54 Å². The number of aliphatic hydroxyl groups excluding tert-OH is 1. The molecular weight excluding hydrogens is 339 g/mol. The van der Waals surface area contributed by atoms with Crippen LogP contribution in [0.4, 0.5) is 10.1 Å². The maximum atomic E-state index is 14.2. The molecule has 2 atom stereocenters. The normalized spacial score (nSPS) is 20.5. The Hall–Kier alpha value is -1.91. The van der Waals surface area contributed by atoms with Gasteiger partial charge in [0.15, 0.2) is 0 Å². The summed E-state index contributed by atoms with van der Waals surface area (Å²) in [6, 6.07) is 15.2. The Balaban J connectivity index is 1.80. The zero-order valence-corrected chi connectivity index (χ0v) is 16.0. The summed E-state index contributed by atoms with van der Waals surface area (Å²) < 4.78 is 14.2. The van der Waals surface area contributed by atoms with Crippen molar-refractivity contribution in [3.05, 3.63) is 65.5 Å². The molecule has 2 unspecified atom stereocenters. The average molecular weight is 368 g/mol. The molecule has 1 aliphatic carbocycles. The summed E-state index contributed by atoms with van der Waals surface area (Å²) in [4.78, 5) is 2.26. The van der Waals surface area contributed by atoms with E-state index in [-0.39, 0.29) is 17.3 Å². The summed E-state index contributed by atoms with van der Waals surface area (Å²) in [6.07, 6.45) is 5.44. The van der Waals surface area contributed by atoms with Crippen molar-refractivity contribution in [3.8, 4) is 0 Å². The van der Waals surface area contributed by atoms with Gasteiger partial charge in [-0.2, -0.15) is 0 Å². The van der Waals surface area contributed by atoms with Crippen LogP contribution >= 0.6 is 0 Å². The largest absolute Gasteiger partial charge is 0.389 e. The first-order valence-corrected chi connectivity index (χ1v) is 10.1. The van der Waals surface area contributed by atoms with Crippen molar-refractivity contribution in [1.29, 1.82) is 0 Å². The Kier molecular flexibility index (Phi) is 5.20. The summed E-state index contributed by atoms with van der Waals surface area (Å²) in [5.41, 5.74) is 3.39. The number of nitrogens with one attached hydrogen (secondary N) is 1. The molecule has 2 aliphatic rings. The minimum absolute atomic E-state index is 0.0909. The van der Waals surface area contributed by atoms with Crippen molar-refractivity contribution in [3.63, 3.8) is 0 Å². The third-order valence-electron chi connectivity index (χ3n) is 6.38. The van der Waals surface area contributed by atoms with Gasteiger partial charge in [0, 0.05) is 24.2 Å². The molecule has 4 heteroatoms. The first-order valence-electron chi connectivity index (χ1n) is 10.1. The predicted octanol–water partition coefficient (Wildman–Crippen LogP) is 4.17. The van der Waals surface area contributed by atoms with Gasteiger partial charge in [-0.25, -0.2) is 4.39 Å². The monoisotopic (exact) mass is 368 g/mol. The summed E-state index contributed by atoms with van der Waals surface area (Å²) in [7, 11) is 1.85. The van der Waals surface area contributed by atoms with Crippen molar-refractivity contribution in [2.75, 3.05) is 25.0 Å². The molecule has 0 aromatic heterocycles. The number of anilines is 1. The highest BCUT2D eigenvalue weighted by atomic mass is 19.1. The van der Waals surface area contributed by atoms with Crippen molar-refractivity contribution < 1.29 is 9.50 Å². The van der Waals surface area contributed by atoms with E-state index in [0.717, 1.165) is 30.6 Å². The van der Waals surface area contributed by atoms with Gasteiger partial charge >= 0.3 is 0 Å². The van der Waals surface area contributed by atoms with E-state index in [9.17, 15) is 9.50 Å². The van der Waals surface area contributed by atoms with Gasteiger partial charge in [0.1, 0.15) is 5.82 Å². The van der Waals surface area contributed by atoms with Crippen LogP contribution in [-0.4, -0.2) is 31.3 Å². The number of fused-ring (bicyclic) bond motifs is 2. The highest BCUT2D eigenvalue weighted by Crippen LogP contribution is 2.52. The molecule has 2 aromatic carbocycles.